The Morgan fingerprint density at radius 2 is 1.96 bits per heavy atom. The number of aryl methyl sites for hydroxylation is 1. The fourth-order valence-electron chi connectivity index (χ4n) is 3.56. The van der Waals surface area contributed by atoms with Crippen molar-refractivity contribution in [1.29, 1.82) is 0 Å². The summed E-state index contributed by atoms with van der Waals surface area (Å²) in [6.07, 6.45) is 7.73. The number of quaternary nitrogens is 1. The zero-order valence-corrected chi connectivity index (χ0v) is 15.5. The maximum Gasteiger partial charge on any atom is 0.304 e. The lowest BCUT2D eigenvalue weighted by Gasteiger charge is -2.31. The molecule has 4 heteroatoms. The Morgan fingerprint density at radius 1 is 1.20 bits per heavy atom. The summed E-state index contributed by atoms with van der Waals surface area (Å²) in [5.41, 5.74) is 3.76. The number of allylic oxidation sites excluding steroid dienone is 2. The average molecular weight is 336 g/mol. The van der Waals surface area contributed by atoms with Crippen LogP contribution in [-0.2, 0) is 11.2 Å². The highest BCUT2D eigenvalue weighted by Crippen LogP contribution is 2.42. The maximum atomic E-state index is 6.06. The fraction of sp³-hybridized carbons (Fsp3) is 0.429. The normalized spacial score (nSPS) is 25.2. The van der Waals surface area contributed by atoms with Crippen molar-refractivity contribution in [2.75, 3.05) is 7.05 Å². The molecule has 2 aliphatic heterocycles. The topological polar surface area (TPSA) is 34.0 Å². The third-order valence-corrected chi connectivity index (χ3v) is 5.00. The molecule has 1 aromatic rings. The van der Waals surface area contributed by atoms with Gasteiger partial charge < -0.3 is 4.74 Å². The van der Waals surface area contributed by atoms with Crippen molar-refractivity contribution in [1.82, 2.24) is 0 Å². The van der Waals surface area contributed by atoms with E-state index in [2.05, 4.69) is 64.2 Å². The molecular weight excluding hydrogens is 310 g/mol. The van der Waals surface area contributed by atoms with E-state index in [1.165, 1.54) is 29.7 Å². The van der Waals surface area contributed by atoms with Crippen molar-refractivity contribution in [2.45, 2.75) is 46.1 Å². The Labute approximate surface area is 149 Å². The Balaban J connectivity index is 1.85. The van der Waals surface area contributed by atoms with Crippen LogP contribution in [-0.4, -0.2) is 29.4 Å². The molecule has 0 aromatic heterocycles. The van der Waals surface area contributed by atoms with Crippen molar-refractivity contribution in [2.24, 2.45) is 16.0 Å². The van der Waals surface area contributed by atoms with Gasteiger partial charge in [-0.15, -0.1) is 4.59 Å². The van der Waals surface area contributed by atoms with E-state index >= 15 is 0 Å². The van der Waals surface area contributed by atoms with E-state index in [9.17, 15) is 0 Å². The average Bonchev–Trinajstić information content (AvgIpc) is 3.36. The summed E-state index contributed by atoms with van der Waals surface area (Å²) in [6, 6.07) is 8.60. The molecule has 1 aromatic carbocycles. The Bertz CT molecular complexity index is 827. The van der Waals surface area contributed by atoms with Crippen LogP contribution in [0.1, 0.15) is 44.7 Å². The number of hydrogen-bond donors (Lipinski definition) is 0. The largest absolute Gasteiger partial charge is 0.483 e. The first kappa shape index (κ1) is 16.3. The molecule has 0 spiro atoms. The SMILES string of the molecule is CCc1ccccc1C1=CC=C(OC(C)C)C2=NC(C3CC3)=N[N+]12C. The molecular formula is C21H26N3O+. The molecule has 1 fully saturated rings. The molecule has 3 aliphatic rings. The monoisotopic (exact) mass is 336 g/mol. The van der Waals surface area contributed by atoms with E-state index in [4.69, 9.17) is 14.8 Å². The van der Waals surface area contributed by atoms with Crippen LogP contribution in [0.5, 0.6) is 0 Å². The summed E-state index contributed by atoms with van der Waals surface area (Å²) in [7, 11) is 2.13. The van der Waals surface area contributed by atoms with Gasteiger partial charge in [-0.25, -0.2) is 0 Å². The highest BCUT2D eigenvalue weighted by Gasteiger charge is 2.49. The smallest absolute Gasteiger partial charge is 0.304 e. The highest BCUT2D eigenvalue weighted by molar-refractivity contribution is 6.08. The van der Waals surface area contributed by atoms with Crippen LogP contribution in [0.4, 0.5) is 0 Å². The molecule has 1 atom stereocenters. The Kier molecular flexibility index (Phi) is 3.88. The van der Waals surface area contributed by atoms with E-state index in [1.807, 2.05) is 0 Å². The minimum atomic E-state index is 0.116. The predicted molar refractivity (Wildman–Crippen MR) is 102 cm³/mol. The molecule has 1 unspecified atom stereocenters. The maximum absolute atomic E-state index is 6.06. The number of hydrogen-bond acceptors (Lipinski definition) is 3. The van der Waals surface area contributed by atoms with Gasteiger partial charge in [-0.3, -0.25) is 0 Å². The molecule has 4 rings (SSSR count). The second kappa shape index (κ2) is 5.95. The molecule has 1 aliphatic carbocycles. The molecule has 0 bridgehead atoms. The van der Waals surface area contributed by atoms with Crippen LogP contribution in [0.3, 0.4) is 0 Å². The van der Waals surface area contributed by atoms with E-state index < -0.39 is 0 Å². The number of fused-ring (bicyclic) bond motifs is 1. The second-order valence-electron chi connectivity index (χ2n) is 7.39. The van der Waals surface area contributed by atoms with Gasteiger partial charge >= 0.3 is 5.84 Å². The molecule has 0 radical (unpaired) electrons. The van der Waals surface area contributed by atoms with Crippen molar-refractivity contribution >= 4 is 17.4 Å². The van der Waals surface area contributed by atoms with Gasteiger partial charge in [0.05, 0.1) is 6.10 Å². The predicted octanol–water partition coefficient (Wildman–Crippen LogP) is 4.49. The number of benzene rings is 1. The lowest BCUT2D eigenvalue weighted by molar-refractivity contribution is -0.749. The zero-order chi connectivity index (χ0) is 17.6. The van der Waals surface area contributed by atoms with Gasteiger partial charge in [0, 0.05) is 17.6 Å². The molecule has 25 heavy (non-hydrogen) atoms. The summed E-state index contributed by atoms with van der Waals surface area (Å²) < 4.78 is 6.42. The van der Waals surface area contributed by atoms with Crippen LogP contribution < -0.4 is 0 Å². The van der Waals surface area contributed by atoms with E-state index in [-0.39, 0.29) is 6.10 Å². The van der Waals surface area contributed by atoms with Crippen molar-refractivity contribution < 1.29 is 9.33 Å². The van der Waals surface area contributed by atoms with Gasteiger partial charge in [-0.05, 0) is 50.8 Å². The lowest BCUT2D eigenvalue weighted by Crippen LogP contribution is -2.44. The van der Waals surface area contributed by atoms with Gasteiger partial charge in [-0.2, -0.15) is 4.99 Å². The number of ether oxygens (including phenoxy) is 1. The molecule has 130 valence electrons. The first-order valence-corrected chi connectivity index (χ1v) is 9.26. The summed E-state index contributed by atoms with van der Waals surface area (Å²) in [4.78, 5) is 4.91. The van der Waals surface area contributed by atoms with Crippen LogP contribution >= 0.6 is 0 Å². The van der Waals surface area contributed by atoms with Crippen LogP contribution in [0.15, 0.2) is 52.3 Å². The van der Waals surface area contributed by atoms with Crippen molar-refractivity contribution in [3.05, 3.63) is 53.3 Å². The number of likely N-dealkylation sites (N-methyl/N-ethyl adjacent to an activating group) is 1. The van der Waals surface area contributed by atoms with E-state index in [0.717, 1.165) is 23.9 Å². The second-order valence-corrected chi connectivity index (χ2v) is 7.39. The Hall–Kier alpha value is -2.20. The van der Waals surface area contributed by atoms with Gasteiger partial charge in [0.15, 0.2) is 11.5 Å². The number of rotatable bonds is 5. The molecule has 0 saturated heterocycles. The number of amidine groups is 2. The Morgan fingerprint density at radius 3 is 2.64 bits per heavy atom. The third kappa shape index (κ3) is 2.74. The van der Waals surface area contributed by atoms with Crippen LogP contribution in [0.2, 0.25) is 0 Å². The summed E-state index contributed by atoms with van der Waals surface area (Å²) in [5, 5.41) is 5.06. The molecule has 4 nitrogen and oxygen atoms in total. The van der Waals surface area contributed by atoms with E-state index in [1.54, 1.807) is 0 Å². The molecule has 1 saturated carbocycles. The van der Waals surface area contributed by atoms with Crippen molar-refractivity contribution in [3.63, 3.8) is 0 Å². The first-order chi connectivity index (χ1) is 12.0. The quantitative estimate of drug-likeness (QED) is 0.729. The van der Waals surface area contributed by atoms with Crippen molar-refractivity contribution in [3.8, 4) is 0 Å². The molecule has 0 N–H and O–H groups in total. The standard InChI is InChI=1S/C21H26N3O/c1-5-15-8-6-7-9-17(15)18-12-13-19(25-14(2)3)21-22-20(16-10-11-16)23-24(18,21)4/h6-9,12-14,16H,5,10-11H2,1-4H3/q+1. The molecule has 2 heterocycles. The minimum absolute atomic E-state index is 0.116. The third-order valence-electron chi connectivity index (χ3n) is 5.00. The number of nitrogens with zero attached hydrogens (tertiary/aromatic N) is 3. The highest BCUT2D eigenvalue weighted by atomic mass is 16.5. The first-order valence-electron chi connectivity index (χ1n) is 9.26. The minimum Gasteiger partial charge on any atom is -0.483 e. The van der Waals surface area contributed by atoms with Crippen LogP contribution in [0, 0.1) is 5.92 Å². The summed E-state index contributed by atoms with van der Waals surface area (Å²) >= 11 is 0. The van der Waals surface area contributed by atoms with Gasteiger partial charge in [0.2, 0.25) is 5.76 Å². The molecule has 0 amide bonds. The lowest BCUT2D eigenvalue weighted by atomic mass is 9.99. The fourth-order valence-corrected chi connectivity index (χ4v) is 3.56. The summed E-state index contributed by atoms with van der Waals surface area (Å²) in [5.74, 6) is 3.27. The van der Waals surface area contributed by atoms with E-state index in [0.29, 0.717) is 10.5 Å². The zero-order valence-electron chi connectivity index (χ0n) is 15.5. The van der Waals surface area contributed by atoms with Gasteiger partial charge in [0.1, 0.15) is 7.05 Å². The van der Waals surface area contributed by atoms with Crippen LogP contribution in [0.25, 0.3) is 5.70 Å². The number of aliphatic imine (C=N–C) groups is 1. The summed E-state index contributed by atoms with van der Waals surface area (Å²) in [6.45, 7) is 6.30. The van der Waals surface area contributed by atoms with Gasteiger partial charge in [0.25, 0.3) is 0 Å². The van der Waals surface area contributed by atoms with Gasteiger partial charge in [-0.1, -0.05) is 30.2 Å².